The van der Waals surface area contributed by atoms with E-state index in [-0.39, 0.29) is 26.3 Å². The van der Waals surface area contributed by atoms with Crippen molar-refractivity contribution in [3.8, 4) is 17.3 Å². The minimum absolute atomic E-state index is 0.00420. The van der Waals surface area contributed by atoms with E-state index in [4.69, 9.17) is 16.9 Å². The van der Waals surface area contributed by atoms with Crippen molar-refractivity contribution in [2.45, 2.75) is 5.16 Å². The average Bonchev–Trinajstić information content (AvgIpc) is 2.44. The summed E-state index contributed by atoms with van der Waals surface area (Å²) in [6.45, 7) is 0. The number of hydrogen-bond donors (Lipinski definition) is 1. The SMILES string of the molecule is CSc1nc(-c2ccc(Cl)c(Br)c2F)c(C#N)c(=O)[nH]1. The predicted octanol–water partition coefficient (Wildman–Crippen LogP) is 3.59. The molecule has 0 aliphatic rings. The normalized spacial score (nSPS) is 10.3. The minimum Gasteiger partial charge on any atom is -0.300 e. The molecule has 0 amide bonds. The molecule has 0 spiro atoms. The van der Waals surface area contributed by atoms with Crippen LogP contribution in [-0.2, 0) is 0 Å². The van der Waals surface area contributed by atoms with Crippen LogP contribution in [0, 0.1) is 17.1 Å². The van der Waals surface area contributed by atoms with Gasteiger partial charge in [0.05, 0.1) is 15.2 Å². The Bertz CT molecular complexity index is 787. The monoisotopic (exact) mass is 373 g/mol. The summed E-state index contributed by atoms with van der Waals surface area (Å²) in [5, 5.41) is 9.56. The molecule has 0 fully saturated rings. The maximum Gasteiger partial charge on any atom is 0.270 e. The number of thioether (sulfide) groups is 1. The maximum atomic E-state index is 14.2. The quantitative estimate of drug-likeness (QED) is 0.495. The van der Waals surface area contributed by atoms with Crippen molar-refractivity contribution in [2.75, 3.05) is 6.26 Å². The average molecular weight is 375 g/mol. The molecule has 1 aromatic heterocycles. The van der Waals surface area contributed by atoms with Gasteiger partial charge in [-0.1, -0.05) is 23.4 Å². The number of benzene rings is 1. The molecule has 0 radical (unpaired) electrons. The molecule has 0 unspecified atom stereocenters. The fraction of sp³-hybridized carbons (Fsp3) is 0.0833. The fourth-order valence-electron chi connectivity index (χ4n) is 1.56. The lowest BCUT2D eigenvalue weighted by molar-refractivity contribution is 0.623. The van der Waals surface area contributed by atoms with Crippen LogP contribution in [0.15, 0.2) is 26.6 Å². The molecule has 2 rings (SSSR count). The first-order valence-electron chi connectivity index (χ1n) is 5.21. The van der Waals surface area contributed by atoms with Crippen LogP contribution in [-0.4, -0.2) is 16.2 Å². The van der Waals surface area contributed by atoms with Gasteiger partial charge in [-0.3, -0.25) is 4.79 Å². The predicted molar refractivity (Wildman–Crippen MR) is 79.5 cm³/mol. The van der Waals surface area contributed by atoms with E-state index in [1.807, 2.05) is 0 Å². The molecular formula is C12H6BrClFN3OS. The Hall–Kier alpha value is -1.36. The zero-order chi connectivity index (χ0) is 14.9. The summed E-state index contributed by atoms with van der Waals surface area (Å²) < 4.78 is 14.3. The molecule has 8 heteroatoms. The minimum atomic E-state index is -0.667. The lowest BCUT2D eigenvalue weighted by atomic mass is 10.1. The smallest absolute Gasteiger partial charge is 0.270 e. The number of nitrogens with one attached hydrogen (secondary N) is 1. The van der Waals surface area contributed by atoms with E-state index in [1.165, 1.54) is 23.9 Å². The van der Waals surface area contributed by atoms with Gasteiger partial charge < -0.3 is 4.98 Å². The van der Waals surface area contributed by atoms with Crippen LogP contribution >= 0.6 is 39.3 Å². The van der Waals surface area contributed by atoms with Crippen LogP contribution in [0.25, 0.3) is 11.3 Å². The summed E-state index contributed by atoms with van der Waals surface area (Å²) in [4.78, 5) is 18.3. The first-order valence-corrected chi connectivity index (χ1v) is 7.61. The third kappa shape index (κ3) is 2.59. The van der Waals surface area contributed by atoms with Gasteiger partial charge in [-0.2, -0.15) is 5.26 Å². The molecule has 0 saturated heterocycles. The molecule has 0 atom stereocenters. The summed E-state index contributed by atoms with van der Waals surface area (Å²) in [5.74, 6) is -0.667. The van der Waals surface area contributed by atoms with Gasteiger partial charge in [0.1, 0.15) is 17.4 Å². The van der Waals surface area contributed by atoms with Crippen LogP contribution in [0.3, 0.4) is 0 Å². The Labute approximate surface area is 131 Å². The van der Waals surface area contributed by atoms with Gasteiger partial charge in [0.25, 0.3) is 5.56 Å². The van der Waals surface area contributed by atoms with Gasteiger partial charge in [0.2, 0.25) is 0 Å². The summed E-state index contributed by atoms with van der Waals surface area (Å²) in [6.07, 6.45) is 1.71. The van der Waals surface area contributed by atoms with Crippen molar-refractivity contribution in [1.29, 1.82) is 5.26 Å². The number of aromatic amines is 1. The Kier molecular flexibility index (Phi) is 4.48. The largest absolute Gasteiger partial charge is 0.300 e. The number of nitriles is 1. The van der Waals surface area contributed by atoms with Crippen LogP contribution in [0.4, 0.5) is 4.39 Å². The van der Waals surface area contributed by atoms with Crippen molar-refractivity contribution in [3.63, 3.8) is 0 Å². The number of hydrogen-bond acceptors (Lipinski definition) is 4. The molecule has 1 heterocycles. The second kappa shape index (κ2) is 5.95. The third-order valence-electron chi connectivity index (χ3n) is 2.49. The fourth-order valence-corrected chi connectivity index (χ4v) is 2.43. The lowest BCUT2D eigenvalue weighted by Crippen LogP contribution is -2.15. The molecule has 102 valence electrons. The Balaban J connectivity index is 2.82. The van der Waals surface area contributed by atoms with Gasteiger partial charge in [0, 0.05) is 5.56 Å². The van der Waals surface area contributed by atoms with Gasteiger partial charge in [-0.25, -0.2) is 9.37 Å². The van der Waals surface area contributed by atoms with Crippen molar-refractivity contribution >= 4 is 39.3 Å². The zero-order valence-electron chi connectivity index (χ0n) is 10.00. The zero-order valence-corrected chi connectivity index (χ0v) is 13.2. The molecule has 0 bridgehead atoms. The van der Waals surface area contributed by atoms with Crippen molar-refractivity contribution < 1.29 is 4.39 Å². The van der Waals surface area contributed by atoms with Gasteiger partial charge in [-0.15, -0.1) is 0 Å². The first kappa shape index (κ1) is 15.0. The van der Waals surface area contributed by atoms with E-state index in [0.29, 0.717) is 5.16 Å². The Morgan fingerprint density at radius 3 is 2.85 bits per heavy atom. The summed E-state index contributed by atoms with van der Waals surface area (Å²) >= 11 is 10.00. The molecule has 0 aliphatic carbocycles. The van der Waals surface area contributed by atoms with Gasteiger partial charge in [-0.05, 0) is 34.3 Å². The summed E-state index contributed by atoms with van der Waals surface area (Å²) in [5.41, 5.74) is -0.807. The number of nitrogens with zero attached hydrogens (tertiary/aromatic N) is 2. The van der Waals surface area contributed by atoms with Crippen LogP contribution in [0.5, 0.6) is 0 Å². The van der Waals surface area contributed by atoms with Crippen molar-refractivity contribution in [1.82, 2.24) is 9.97 Å². The van der Waals surface area contributed by atoms with Crippen LogP contribution in [0.2, 0.25) is 5.02 Å². The van der Waals surface area contributed by atoms with E-state index in [9.17, 15) is 9.18 Å². The van der Waals surface area contributed by atoms with Crippen LogP contribution < -0.4 is 5.56 Å². The molecule has 20 heavy (non-hydrogen) atoms. The standard InChI is InChI=1S/C12H6BrClFN3OS/c1-20-12-17-10(6(4-16)11(19)18-12)5-2-3-7(14)8(13)9(5)15/h2-3H,1H3,(H,17,18,19). The molecule has 4 nitrogen and oxygen atoms in total. The first-order chi connectivity index (χ1) is 9.49. The highest BCUT2D eigenvalue weighted by molar-refractivity contribution is 9.10. The van der Waals surface area contributed by atoms with E-state index >= 15 is 0 Å². The number of halogens is 3. The topological polar surface area (TPSA) is 69.5 Å². The highest BCUT2D eigenvalue weighted by Gasteiger charge is 2.19. The second-order valence-corrected chi connectivity index (χ2v) is 5.63. The van der Waals surface area contributed by atoms with E-state index in [1.54, 1.807) is 12.3 Å². The van der Waals surface area contributed by atoms with Gasteiger partial charge in [0.15, 0.2) is 5.16 Å². The van der Waals surface area contributed by atoms with E-state index < -0.39 is 11.4 Å². The van der Waals surface area contributed by atoms with E-state index in [2.05, 4.69) is 25.9 Å². The summed E-state index contributed by atoms with van der Waals surface area (Å²) in [7, 11) is 0. The molecule has 0 aliphatic heterocycles. The third-order valence-corrected chi connectivity index (χ3v) is 4.39. The molecule has 2 aromatic rings. The maximum absolute atomic E-state index is 14.2. The molecule has 1 aromatic carbocycles. The molecular weight excluding hydrogens is 369 g/mol. The van der Waals surface area contributed by atoms with Crippen LogP contribution in [0.1, 0.15) is 5.56 Å². The van der Waals surface area contributed by atoms with E-state index in [0.717, 1.165) is 0 Å². The molecule has 0 saturated carbocycles. The highest BCUT2D eigenvalue weighted by atomic mass is 79.9. The van der Waals surface area contributed by atoms with Crippen molar-refractivity contribution in [2.24, 2.45) is 0 Å². The highest BCUT2D eigenvalue weighted by Crippen LogP contribution is 2.33. The molecule has 1 N–H and O–H groups in total. The Morgan fingerprint density at radius 2 is 2.25 bits per heavy atom. The second-order valence-electron chi connectivity index (χ2n) is 3.63. The number of H-pyrrole nitrogens is 1. The Morgan fingerprint density at radius 1 is 1.55 bits per heavy atom. The summed E-state index contributed by atoms with van der Waals surface area (Å²) in [6, 6.07) is 4.59. The lowest BCUT2D eigenvalue weighted by Gasteiger charge is -2.08. The number of rotatable bonds is 2. The van der Waals surface area contributed by atoms with Gasteiger partial charge >= 0.3 is 0 Å². The van der Waals surface area contributed by atoms with Crippen molar-refractivity contribution in [3.05, 3.63) is 43.4 Å². The number of aromatic nitrogens is 2.